The predicted molar refractivity (Wildman–Crippen MR) is 78.8 cm³/mol. The second-order valence-corrected chi connectivity index (χ2v) is 6.31. The van der Waals surface area contributed by atoms with Crippen molar-refractivity contribution in [3.8, 4) is 0 Å². The number of rotatable bonds is 6. The number of nitrogens with zero attached hydrogens (tertiary/aromatic N) is 1. The van der Waals surface area contributed by atoms with E-state index in [2.05, 4.69) is 18.9 Å². The molecule has 4 atom stereocenters. The average molecular weight is 297 g/mol. The summed E-state index contributed by atoms with van der Waals surface area (Å²) in [4.78, 5) is 25.3. The second kappa shape index (κ2) is 7.25. The van der Waals surface area contributed by atoms with Gasteiger partial charge in [0.1, 0.15) is 12.2 Å². The van der Waals surface area contributed by atoms with Gasteiger partial charge in [0, 0.05) is 38.6 Å². The zero-order chi connectivity index (χ0) is 15.4. The summed E-state index contributed by atoms with van der Waals surface area (Å²) in [7, 11) is 2.07. The van der Waals surface area contributed by atoms with Crippen LogP contribution in [0.1, 0.15) is 58.8 Å². The number of carbonyl (C=O) groups is 2. The Morgan fingerprint density at radius 2 is 1.90 bits per heavy atom. The van der Waals surface area contributed by atoms with Gasteiger partial charge in [-0.15, -0.1) is 0 Å². The first-order valence-electron chi connectivity index (χ1n) is 8.09. The summed E-state index contributed by atoms with van der Waals surface area (Å²) >= 11 is 0. The Bertz CT molecular complexity index is 384. The number of unbranched alkanes of at least 4 members (excludes halogenated alkanes) is 2. The Morgan fingerprint density at radius 3 is 2.57 bits per heavy atom. The van der Waals surface area contributed by atoms with Crippen molar-refractivity contribution in [1.29, 1.82) is 0 Å². The highest BCUT2D eigenvalue weighted by molar-refractivity contribution is 5.69. The van der Waals surface area contributed by atoms with Crippen LogP contribution in [0.15, 0.2) is 0 Å². The molecule has 2 fully saturated rings. The van der Waals surface area contributed by atoms with Crippen LogP contribution in [0.4, 0.5) is 0 Å². The lowest BCUT2D eigenvalue weighted by molar-refractivity contribution is -0.155. The SMILES string of the molecule is CCCCCC(=O)OC1CC2CC(OC(C)=O)C(C1)N2C. The van der Waals surface area contributed by atoms with Crippen molar-refractivity contribution in [2.45, 2.75) is 83.1 Å². The van der Waals surface area contributed by atoms with Crippen LogP contribution in [0.3, 0.4) is 0 Å². The molecule has 0 aliphatic carbocycles. The maximum absolute atomic E-state index is 11.8. The van der Waals surface area contributed by atoms with Crippen molar-refractivity contribution >= 4 is 11.9 Å². The molecule has 0 spiro atoms. The van der Waals surface area contributed by atoms with E-state index < -0.39 is 0 Å². The number of hydrogen-bond acceptors (Lipinski definition) is 5. The summed E-state index contributed by atoms with van der Waals surface area (Å²) in [6.07, 6.45) is 6.00. The van der Waals surface area contributed by atoms with Gasteiger partial charge >= 0.3 is 11.9 Å². The summed E-state index contributed by atoms with van der Waals surface area (Å²) in [5.41, 5.74) is 0. The van der Waals surface area contributed by atoms with Gasteiger partial charge in [-0.2, -0.15) is 0 Å². The molecule has 2 heterocycles. The van der Waals surface area contributed by atoms with Crippen LogP contribution in [-0.4, -0.2) is 48.2 Å². The number of esters is 2. The van der Waals surface area contributed by atoms with Crippen LogP contribution >= 0.6 is 0 Å². The van der Waals surface area contributed by atoms with Crippen molar-refractivity contribution in [3.63, 3.8) is 0 Å². The van der Waals surface area contributed by atoms with Crippen LogP contribution in [-0.2, 0) is 19.1 Å². The summed E-state index contributed by atoms with van der Waals surface area (Å²) in [6, 6.07) is 0.530. The third-order valence-electron chi connectivity index (χ3n) is 4.67. The number of likely N-dealkylation sites (N-methyl/N-ethyl adjacent to an activating group) is 1. The van der Waals surface area contributed by atoms with E-state index in [9.17, 15) is 9.59 Å². The van der Waals surface area contributed by atoms with E-state index in [4.69, 9.17) is 9.47 Å². The fraction of sp³-hybridized carbons (Fsp3) is 0.875. The maximum Gasteiger partial charge on any atom is 0.306 e. The van der Waals surface area contributed by atoms with Gasteiger partial charge in [-0.1, -0.05) is 19.8 Å². The van der Waals surface area contributed by atoms with E-state index in [0.29, 0.717) is 12.5 Å². The molecular formula is C16H27NO4. The average Bonchev–Trinajstić information content (AvgIpc) is 2.59. The van der Waals surface area contributed by atoms with E-state index in [0.717, 1.165) is 38.5 Å². The van der Waals surface area contributed by atoms with Gasteiger partial charge in [-0.05, 0) is 13.5 Å². The van der Waals surface area contributed by atoms with E-state index in [1.165, 1.54) is 6.92 Å². The quantitative estimate of drug-likeness (QED) is 0.556. The van der Waals surface area contributed by atoms with E-state index in [1.54, 1.807) is 0 Å². The Kier molecular flexibility index (Phi) is 5.62. The fourth-order valence-electron chi connectivity index (χ4n) is 3.57. The molecule has 2 rings (SSSR count). The van der Waals surface area contributed by atoms with Crippen molar-refractivity contribution in [1.82, 2.24) is 4.90 Å². The summed E-state index contributed by atoms with van der Waals surface area (Å²) in [6.45, 7) is 3.57. The van der Waals surface area contributed by atoms with Gasteiger partial charge in [0.05, 0.1) is 6.04 Å². The maximum atomic E-state index is 11.8. The normalized spacial score (nSPS) is 32.0. The van der Waals surface area contributed by atoms with Crippen molar-refractivity contribution < 1.29 is 19.1 Å². The van der Waals surface area contributed by atoms with Crippen molar-refractivity contribution in [3.05, 3.63) is 0 Å². The zero-order valence-electron chi connectivity index (χ0n) is 13.3. The van der Waals surface area contributed by atoms with Crippen LogP contribution in [0, 0.1) is 0 Å². The largest absolute Gasteiger partial charge is 0.462 e. The monoisotopic (exact) mass is 297 g/mol. The fourth-order valence-corrected chi connectivity index (χ4v) is 3.57. The molecule has 21 heavy (non-hydrogen) atoms. The molecule has 0 radical (unpaired) electrons. The lowest BCUT2D eigenvalue weighted by Gasteiger charge is -2.36. The van der Waals surface area contributed by atoms with Crippen molar-refractivity contribution in [2.24, 2.45) is 0 Å². The standard InChI is InChI=1S/C16H27NO4/c1-4-5-6-7-16(19)21-13-8-12-9-15(20-11(2)18)14(10-13)17(12)3/h12-15H,4-10H2,1-3H3. The lowest BCUT2D eigenvalue weighted by Crippen LogP contribution is -2.46. The summed E-state index contributed by atoms with van der Waals surface area (Å²) < 4.78 is 11.0. The highest BCUT2D eigenvalue weighted by Gasteiger charge is 2.47. The summed E-state index contributed by atoms with van der Waals surface area (Å²) in [5, 5.41) is 0. The minimum atomic E-state index is -0.228. The number of carbonyl (C=O) groups excluding carboxylic acids is 2. The molecule has 120 valence electrons. The molecule has 4 unspecified atom stereocenters. The Hall–Kier alpha value is -1.10. The Morgan fingerprint density at radius 1 is 1.14 bits per heavy atom. The molecule has 2 saturated heterocycles. The minimum absolute atomic E-state index is 0.0223. The smallest absolute Gasteiger partial charge is 0.306 e. The van der Waals surface area contributed by atoms with Gasteiger partial charge in [0.2, 0.25) is 0 Å². The molecule has 5 nitrogen and oxygen atoms in total. The first-order chi connectivity index (χ1) is 10.0. The highest BCUT2D eigenvalue weighted by Crippen LogP contribution is 2.37. The van der Waals surface area contributed by atoms with E-state index >= 15 is 0 Å². The molecule has 0 aromatic rings. The lowest BCUT2D eigenvalue weighted by atomic mass is 10.00. The summed E-state index contributed by atoms with van der Waals surface area (Å²) in [5.74, 6) is -0.310. The third kappa shape index (κ3) is 4.19. The van der Waals surface area contributed by atoms with E-state index in [1.807, 2.05) is 0 Å². The number of piperidine rings is 1. The van der Waals surface area contributed by atoms with Crippen LogP contribution in [0.2, 0.25) is 0 Å². The molecule has 2 bridgehead atoms. The minimum Gasteiger partial charge on any atom is -0.462 e. The second-order valence-electron chi connectivity index (χ2n) is 6.31. The molecular weight excluding hydrogens is 270 g/mol. The number of hydrogen-bond donors (Lipinski definition) is 0. The van der Waals surface area contributed by atoms with Crippen LogP contribution < -0.4 is 0 Å². The molecule has 0 aromatic carbocycles. The predicted octanol–water partition coefficient (Wildman–Crippen LogP) is 2.28. The molecule has 2 aliphatic heterocycles. The van der Waals surface area contributed by atoms with Gasteiger partial charge in [0.25, 0.3) is 0 Å². The van der Waals surface area contributed by atoms with Gasteiger partial charge in [-0.25, -0.2) is 0 Å². The Balaban J connectivity index is 1.83. The van der Waals surface area contributed by atoms with E-state index in [-0.39, 0.29) is 30.2 Å². The van der Waals surface area contributed by atoms with Gasteiger partial charge < -0.3 is 9.47 Å². The highest BCUT2D eigenvalue weighted by atomic mass is 16.6. The molecule has 0 N–H and O–H groups in total. The topological polar surface area (TPSA) is 55.8 Å². The molecule has 2 aliphatic rings. The molecule has 0 saturated carbocycles. The van der Waals surface area contributed by atoms with Crippen molar-refractivity contribution in [2.75, 3.05) is 7.05 Å². The van der Waals surface area contributed by atoms with Crippen LogP contribution in [0.25, 0.3) is 0 Å². The van der Waals surface area contributed by atoms with Crippen LogP contribution in [0.5, 0.6) is 0 Å². The number of fused-ring (bicyclic) bond motifs is 2. The first kappa shape index (κ1) is 16.3. The Labute approximate surface area is 127 Å². The molecule has 0 aromatic heterocycles. The first-order valence-corrected chi connectivity index (χ1v) is 8.09. The third-order valence-corrected chi connectivity index (χ3v) is 4.67. The van der Waals surface area contributed by atoms with Gasteiger partial charge in [-0.3, -0.25) is 14.5 Å². The van der Waals surface area contributed by atoms with Gasteiger partial charge in [0.15, 0.2) is 0 Å². The zero-order valence-corrected chi connectivity index (χ0v) is 13.3. The molecule has 5 heteroatoms. The number of ether oxygens (including phenoxy) is 2. The molecule has 0 amide bonds.